The van der Waals surface area contributed by atoms with Crippen LogP contribution < -0.4 is 24.6 Å². The van der Waals surface area contributed by atoms with Crippen molar-refractivity contribution in [3.05, 3.63) is 71.5 Å². The molecule has 0 spiro atoms. The van der Waals surface area contributed by atoms with Gasteiger partial charge in [0, 0.05) is 44.1 Å². The lowest BCUT2D eigenvalue weighted by Crippen LogP contribution is -2.49. The number of carbonyl (C=O) groups is 2. The van der Waals surface area contributed by atoms with Crippen LogP contribution in [0.4, 0.5) is 5.95 Å². The first kappa shape index (κ1) is 26.4. The number of aromatic nitrogens is 2. The van der Waals surface area contributed by atoms with Crippen molar-refractivity contribution in [1.82, 2.24) is 20.3 Å². The van der Waals surface area contributed by atoms with Gasteiger partial charge in [0.2, 0.25) is 5.95 Å². The van der Waals surface area contributed by atoms with Crippen LogP contribution >= 0.6 is 0 Å². The average molecular weight is 520 g/mol. The lowest BCUT2D eigenvalue weighted by atomic mass is 10.0. The summed E-state index contributed by atoms with van der Waals surface area (Å²) in [5.41, 5.74) is 3.73. The number of hydroxylamine groups is 1. The standard InChI is InChI=1S/C27H29N5O6/c1-36-21-6-4-5-19(15-21)22(13-18-7-8-23(37-2)24(14-18)38-3)26(34)31-9-11-32(12-10-31)27-28-16-20(17-29-27)25(33)30-35/h4-8,13-17,35H,9-12H2,1-3H3,(H,30,33). The second-order valence-corrected chi connectivity index (χ2v) is 8.40. The summed E-state index contributed by atoms with van der Waals surface area (Å²) < 4.78 is 16.2. The molecule has 1 saturated heterocycles. The minimum Gasteiger partial charge on any atom is -0.497 e. The van der Waals surface area contributed by atoms with Gasteiger partial charge in [0.1, 0.15) is 5.75 Å². The molecule has 0 atom stereocenters. The van der Waals surface area contributed by atoms with Crippen LogP contribution in [-0.2, 0) is 4.79 Å². The number of ether oxygens (including phenoxy) is 3. The summed E-state index contributed by atoms with van der Waals surface area (Å²) in [4.78, 5) is 37.5. The van der Waals surface area contributed by atoms with E-state index in [4.69, 9.17) is 19.4 Å². The van der Waals surface area contributed by atoms with Gasteiger partial charge >= 0.3 is 0 Å². The van der Waals surface area contributed by atoms with Crippen molar-refractivity contribution in [3.8, 4) is 17.2 Å². The number of nitrogens with one attached hydrogen (secondary N) is 1. The second kappa shape index (κ2) is 12.1. The van der Waals surface area contributed by atoms with Gasteiger partial charge in [-0.05, 0) is 41.5 Å². The van der Waals surface area contributed by atoms with Crippen LogP contribution in [0.15, 0.2) is 54.9 Å². The Morgan fingerprint density at radius 1 is 0.895 bits per heavy atom. The molecule has 0 unspecified atom stereocenters. The Labute approximate surface area is 220 Å². The maximum Gasteiger partial charge on any atom is 0.277 e. The molecule has 0 aliphatic carbocycles. The first-order valence-corrected chi connectivity index (χ1v) is 11.9. The smallest absolute Gasteiger partial charge is 0.277 e. The molecule has 1 fully saturated rings. The van der Waals surface area contributed by atoms with Crippen LogP contribution in [0.5, 0.6) is 17.2 Å². The molecule has 1 aliphatic heterocycles. The predicted molar refractivity (Wildman–Crippen MR) is 140 cm³/mol. The molecule has 2 amide bonds. The number of hydrogen-bond donors (Lipinski definition) is 2. The Bertz CT molecular complexity index is 1320. The molecule has 3 aromatic rings. The molecule has 11 heteroatoms. The van der Waals surface area contributed by atoms with Gasteiger partial charge in [-0.2, -0.15) is 0 Å². The zero-order chi connectivity index (χ0) is 27.1. The third-order valence-electron chi connectivity index (χ3n) is 6.18. The van der Waals surface area contributed by atoms with Gasteiger partial charge in [-0.25, -0.2) is 15.4 Å². The Morgan fingerprint density at radius 3 is 2.24 bits per heavy atom. The molecule has 0 radical (unpaired) electrons. The van der Waals surface area contributed by atoms with E-state index in [1.807, 2.05) is 47.4 Å². The minimum atomic E-state index is -0.682. The van der Waals surface area contributed by atoms with Crippen molar-refractivity contribution in [3.63, 3.8) is 0 Å². The van der Waals surface area contributed by atoms with Crippen molar-refractivity contribution >= 4 is 29.4 Å². The molecule has 1 aliphatic rings. The van der Waals surface area contributed by atoms with E-state index in [9.17, 15) is 9.59 Å². The number of nitrogens with zero attached hydrogens (tertiary/aromatic N) is 4. The van der Waals surface area contributed by atoms with Gasteiger partial charge in [0.25, 0.3) is 11.8 Å². The van der Waals surface area contributed by atoms with Gasteiger partial charge in [-0.1, -0.05) is 18.2 Å². The minimum absolute atomic E-state index is 0.122. The van der Waals surface area contributed by atoms with E-state index >= 15 is 0 Å². The number of rotatable bonds is 8. The summed E-state index contributed by atoms with van der Waals surface area (Å²) in [6.07, 6.45) is 4.52. The maximum atomic E-state index is 13.8. The first-order chi connectivity index (χ1) is 18.5. The number of amides is 2. The van der Waals surface area contributed by atoms with Gasteiger partial charge in [-0.3, -0.25) is 14.8 Å². The highest BCUT2D eigenvalue weighted by molar-refractivity contribution is 6.24. The maximum absolute atomic E-state index is 13.8. The number of methoxy groups -OCH3 is 3. The van der Waals surface area contributed by atoms with Crippen molar-refractivity contribution < 1.29 is 29.0 Å². The fourth-order valence-corrected chi connectivity index (χ4v) is 4.11. The van der Waals surface area contributed by atoms with Crippen molar-refractivity contribution in [2.24, 2.45) is 0 Å². The van der Waals surface area contributed by atoms with Crippen molar-refractivity contribution in [1.29, 1.82) is 0 Å². The number of carbonyl (C=O) groups excluding carboxylic acids is 2. The van der Waals surface area contributed by atoms with Gasteiger partial charge in [0.05, 0.1) is 26.9 Å². The second-order valence-electron chi connectivity index (χ2n) is 8.40. The van der Waals surface area contributed by atoms with E-state index in [1.165, 1.54) is 12.4 Å². The molecule has 11 nitrogen and oxygen atoms in total. The fourth-order valence-electron chi connectivity index (χ4n) is 4.11. The Balaban J connectivity index is 1.57. The van der Waals surface area contributed by atoms with E-state index in [2.05, 4.69) is 9.97 Å². The molecule has 4 rings (SSSR count). The van der Waals surface area contributed by atoms with E-state index in [0.717, 1.165) is 11.1 Å². The largest absolute Gasteiger partial charge is 0.497 e. The lowest BCUT2D eigenvalue weighted by molar-refractivity contribution is -0.125. The SMILES string of the molecule is COc1cccc(C(=Cc2ccc(OC)c(OC)c2)C(=O)N2CCN(c3ncc(C(=O)NO)cn3)CC2)c1. The van der Waals surface area contributed by atoms with Crippen LogP contribution in [-0.4, -0.2) is 79.4 Å². The molecule has 0 saturated carbocycles. The number of anilines is 1. The highest BCUT2D eigenvalue weighted by Crippen LogP contribution is 2.31. The van der Waals surface area contributed by atoms with E-state index in [-0.39, 0.29) is 11.5 Å². The van der Waals surface area contributed by atoms with E-state index in [0.29, 0.717) is 54.9 Å². The molecule has 1 aromatic heterocycles. The molecule has 2 aromatic carbocycles. The van der Waals surface area contributed by atoms with Crippen LogP contribution in [0.2, 0.25) is 0 Å². The van der Waals surface area contributed by atoms with Gasteiger partial charge < -0.3 is 24.0 Å². The Morgan fingerprint density at radius 2 is 1.61 bits per heavy atom. The van der Waals surface area contributed by atoms with Crippen LogP contribution in [0.25, 0.3) is 11.6 Å². The van der Waals surface area contributed by atoms with E-state index < -0.39 is 5.91 Å². The predicted octanol–water partition coefficient (Wildman–Crippen LogP) is 2.51. The quantitative estimate of drug-likeness (QED) is 0.200. The first-order valence-electron chi connectivity index (χ1n) is 11.9. The Hall–Kier alpha value is -4.64. The molecule has 2 N–H and O–H groups in total. The topological polar surface area (TPSA) is 126 Å². The van der Waals surface area contributed by atoms with Crippen LogP contribution in [0.3, 0.4) is 0 Å². The third kappa shape index (κ3) is 5.84. The Kier molecular flexibility index (Phi) is 8.39. The lowest BCUT2D eigenvalue weighted by Gasteiger charge is -2.35. The van der Waals surface area contributed by atoms with Gasteiger partial charge in [0.15, 0.2) is 11.5 Å². The highest BCUT2D eigenvalue weighted by Gasteiger charge is 2.26. The molecule has 0 bridgehead atoms. The normalized spacial score (nSPS) is 13.6. The monoisotopic (exact) mass is 519 g/mol. The fraction of sp³-hybridized carbons (Fsp3) is 0.259. The molecular weight excluding hydrogens is 490 g/mol. The third-order valence-corrected chi connectivity index (χ3v) is 6.18. The summed E-state index contributed by atoms with van der Waals surface area (Å²) in [7, 11) is 4.73. The summed E-state index contributed by atoms with van der Waals surface area (Å²) in [6.45, 7) is 1.93. The van der Waals surface area contributed by atoms with Crippen molar-refractivity contribution in [2.45, 2.75) is 0 Å². The van der Waals surface area contributed by atoms with Crippen LogP contribution in [0, 0.1) is 0 Å². The summed E-state index contributed by atoms with van der Waals surface area (Å²) in [5, 5.41) is 8.76. The summed E-state index contributed by atoms with van der Waals surface area (Å²) >= 11 is 0. The van der Waals surface area contributed by atoms with E-state index in [1.54, 1.807) is 37.8 Å². The highest BCUT2D eigenvalue weighted by atomic mass is 16.5. The summed E-state index contributed by atoms with van der Waals surface area (Å²) in [6, 6.07) is 12.9. The molecular formula is C27H29N5O6. The molecule has 38 heavy (non-hydrogen) atoms. The number of piperazine rings is 1. The van der Waals surface area contributed by atoms with Crippen LogP contribution in [0.1, 0.15) is 21.5 Å². The average Bonchev–Trinajstić information content (AvgIpc) is 2.99. The number of hydrogen-bond acceptors (Lipinski definition) is 9. The van der Waals surface area contributed by atoms with Crippen molar-refractivity contribution in [2.75, 3.05) is 52.4 Å². The molecule has 198 valence electrons. The zero-order valence-corrected chi connectivity index (χ0v) is 21.4. The zero-order valence-electron chi connectivity index (χ0n) is 21.4. The van der Waals surface area contributed by atoms with Gasteiger partial charge in [-0.15, -0.1) is 0 Å². The number of benzene rings is 2. The summed E-state index contributed by atoms with van der Waals surface area (Å²) in [5.74, 6) is 1.45. The molecule has 2 heterocycles.